The number of hydrogen-bond donors (Lipinski definition) is 3. The number of carbonyl (C=O) groups is 1. The maximum absolute atomic E-state index is 10.9. The highest BCUT2D eigenvalue weighted by Crippen LogP contribution is 2.30. The predicted octanol–water partition coefficient (Wildman–Crippen LogP) is 0.924. The first kappa shape index (κ1) is 13.8. The van der Waals surface area contributed by atoms with Crippen molar-refractivity contribution < 1.29 is 20.1 Å². The van der Waals surface area contributed by atoms with Gasteiger partial charge in [0.05, 0.1) is 13.2 Å². The first-order chi connectivity index (χ1) is 9.17. The number of hydrogen-bond acceptors (Lipinski definition) is 4. The van der Waals surface area contributed by atoms with E-state index in [1.165, 1.54) is 4.90 Å². The molecule has 2 rings (SSSR count). The third kappa shape index (κ3) is 2.85. The van der Waals surface area contributed by atoms with Crippen molar-refractivity contribution in [1.82, 2.24) is 9.88 Å². The molecular formula is C13H18N2O4. The lowest BCUT2D eigenvalue weighted by molar-refractivity contribution is 0.131. The second-order valence-electron chi connectivity index (χ2n) is 4.69. The van der Waals surface area contributed by atoms with Crippen molar-refractivity contribution in [2.24, 2.45) is 0 Å². The van der Waals surface area contributed by atoms with E-state index >= 15 is 0 Å². The highest BCUT2D eigenvalue weighted by Gasteiger charge is 2.26. The van der Waals surface area contributed by atoms with Gasteiger partial charge in [0.2, 0.25) is 0 Å². The highest BCUT2D eigenvalue weighted by molar-refractivity contribution is 5.65. The van der Waals surface area contributed by atoms with Crippen molar-refractivity contribution in [3.63, 3.8) is 0 Å². The van der Waals surface area contributed by atoms with Crippen LogP contribution in [0.5, 0.6) is 0 Å². The molecule has 1 aliphatic heterocycles. The highest BCUT2D eigenvalue weighted by atomic mass is 16.4. The maximum atomic E-state index is 10.9. The summed E-state index contributed by atoms with van der Waals surface area (Å²) in [4.78, 5) is 16.6. The molecular weight excluding hydrogens is 248 g/mol. The van der Waals surface area contributed by atoms with Crippen LogP contribution in [-0.2, 0) is 13.2 Å². The lowest BCUT2D eigenvalue weighted by atomic mass is 9.89. The molecule has 0 spiro atoms. The summed E-state index contributed by atoms with van der Waals surface area (Å²) in [5, 5.41) is 27.6. The minimum atomic E-state index is -0.891. The monoisotopic (exact) mass is 266 g/mol. The molecule has 0 radical (unpaired) electrons. The van der Waals surface area contributed by atoms with Crippen molar-refractivity contribution in [1.29, 1.82) is 0 Å². The molecule has 6 nitrogen and oxygen atoms in total. The van der Waals surface area contributed by atoms with Crippen LogP contribution in [0, 0.1) is 0 Å². The molecule has 1 amide bonds. The smallest absolute Gasteiger partial charge is 0.407 e. The van der Waals surface area contributed by atoms with Crippen molar-refractivity contribution >= 4 is 6.09 Å². The number of rotatable bonds is 3. The van der Waals surface area contributed by atoms with Gasteiger partial charge in [0.25, 0.3) is 0 Å². The maximum Gasteiger partial charge on any atom is 0.407 e. The van der Waals surface area contributed by atoms with E-state index in [4.69, 9.17) is 5.11 Å². The first-order valence-corrected chi connectivity index (χ1v) is 6.33. The standard InChI is InChI=1S/C13H18N2O4/c16-7-10-1-4-14-12(11(10)8-17)9-2-5-15(6-3-9)13(18)19/h1,4,9,16-17H,2-3,5-8H2,(H,18,19). The van der Waals surface area contributed by atoms with E-state index in [1.54, 1.807) is 12.3 Å². The Morgan fingerprint density at radius 1 is 1.32 bits per heavy atom. The number of nitrogens with zero attached hydrogens (tertiary/aromatic N) is 2. The molecule has 0 saturated carbocycles. The number of pyridine rings is 1. The number of carboxylic acid groups (broad SMARTS) is 1. The Morgan fingerprint density at radius 2 is 2.00 bits per heavy atom. The summed E-state index contributed by atoms with van der Waals surface area (Å²) in [6.07, 6.45) is 2.13. The Kier molecular flexibility index (Phi) is 4.34. The quantitative estimate of drug-likeness (QED) is 0.756. The summed E-state index contributed by atoms with van der Waals surface area (Å²) in [6.45, 7) is 0.684. The topological polar surface area (TPSA) is 93.9 Å². The first-order valence-electron chi connectivity index (χ1n) is 6.33. The summed E-state index contributed by atoms with van der Waals surface area (Å²) in [5.74, 6) is 0.143. The van der Waals surface area contributed by atoms with Gasteiger partial charge in [0, 0.05) is 36.5 Å². The molecule has 0 atom stereocenters. The number of piperidine rings is 1. The Labute approximate surface area is 111 Å². The number of likely N-dealkylation sites (tertiary alicyclic amines) is 1. The molecule has 1 saturated heterocycles. The van der Waals surface area contributed by atoms with Gasteiger partial charge in [-0.2, -0.15) is 0 Å². The van der Waals surface area contributed by atoms with Gasteiger partial charge in [0.1, 0.15) is 0 Å². The van der Waals surface area contributed by atoms with Gasteiger partial charge in [0.15, 0.2) is 0 Å². The van der Waals surface area contributed by atoms with Crippen molar-refractivity contribution in [3.05, 3.63) is 29.1 Å². The summed E-state index contributed by atoms with van der Waals surface area (Å²) in [5.41, 5.74) is 2.16. The van der Waals surface area contributed by atoms with Crippen LogP contribution in [0.4, 0.5) is 4.79 Å². The van der Waals surface area contributed by atoms with Crippen LogP contribution in [0.25, 0.3) is 0 Å². The van der Waals surface area contributed by atoms with Crippen LogP contribution in [0.15, 0.2) is 12.3 Å². The zero-order chi connectivity index (χ0) is 13.8. The number of aliphatic hydroxyl groups is 2. The number of amides is 1. The largest absolute Gasteiger partial charge is 0.465 e. The fourth-order valence-corrected chi connectivity index (χ4v) is 2.58. The average Bonchev–Trinajstić information content (AvgIpc) is 2.46. The van der Waals surface area contributed by atoms with E-state index in [0.29, 0.717) is 37.1 Å². The zero-order valence-corrected chi connectivity index (χ0v) is 10.6. The van der Waals surface area contributed by atoms with Gasteiger partial charge in [-0.25, -0.2) is 4.79 Å². The fourth-order valence-electron chi connectivity index (χ4n) is 2.58. The van der Waals surface area contributed by atoms with Crippen LogP contribution >= 0.6 is 0 Å². The van der Waals surface area contributed by atoms with E-state index in [2.05, 4.69) is 4.98 Å². The Balaban J connectivity index is 2.17. The molecule has 1 aliphatic rings. The van der Waals surface area contributed by atoms with Gasteiger partial charge in [-0.1, -0.05) is 0 Å². The fraction of sp³-hybridized carbons (Fsp3) is 0.538. The molecule has 0 aromatic carbocycles. The third-order valence-corrected chi connectivity index (χ3v) is 3.67. The second-order valence-corrected chi connectivity index (χ2v) is 4.69. The molecule has 3 N–H and O–H groups in total. The lowest BCUT2D eigenvalue weighted by Crippen LogP contribution is -2.37. The van der Waals surface area contributed by atoms with E-state index in [9.17, 15) is 15.0 Å². The summed E-state index contributed by atoms with van der Waals surface area (Å²) in [6, 6.07) is 1.70. The molecule has 2 heterocycles. The van der Waals surface area contributed by atoms with Crippen molar-refractivity contribution in [2.75, 3.05) is 13.1 Å². The van der Waals surface area contributed by atoms with Gasteiger partial charge in [-0.05, 0) is 24.5 Å². The average molecular weight is 266 g/mol. The SMILES string of the molecule is O=C(O)N1CCC(c2nccc(CO)c2CO)CC1. The van der Waals surface area contributed by atoms with E-state index in [0.717, 1.165) is 5.69 Å². The molecule has 6 heteroatoms. The minimum Gasteiger partial charge on any atom is -0.465 e. The van der Waals surface area contributed by atoms with Crippen LogP contribution in [0.3, 0.4) is 0 Å². The zero-order valence-electron chi connectivity index (χ0n) is 10.6. The van der Waals surface area contributed by atoms with Crippen LogP contribution in [0.2, 0.25) is 0 Å². The third-order valence-electron chi connectivity index (χ3n) is 3.67. The van der Waals surface area contributed by atoms with Crippen LogP contribution in [0.1, 0.15) is 35.6 Å². The molecule has 0 unspecified atom stereocenters. The van der Waals surface area contributed by atoms with Gasteiger partial charge in [-0.3, -0.25) is 4.98 Å². The van der Waals surface area contributed by atoms with Gasteiger partial charge in [-0.15, -0.1) is 0 Å². The summed E-state index contributed by atoms with van der Waals surface area (Å²) >= 11 is 0. The molecule has 0 bridgehead atoms. The van der Waals surface area contributed by atoms with Crippen molar-refractivity contribution in [3.8, 4) is 0 Å². The van der Waals surface area contributed by atoms with E-state index in [1.807, 2.05) is 0 Å². The molecule has 0 aliphatic carbocycles. The molecule has 19 heavy (non-hydrogen) atoms. The molecule has 1 fully saturated rings. The summed E-state index contributed by atoms with van der Waals surface area (Å²) in [7, 11) is 0. The summed E-state index contributed by atoms with van der Waals surface area (Å²) < 4.78 is 0. The predicted molar refractivity (Wildman–Crippen MR) is 67.7 cm³/mol. The number of aliphatic hydroxyl groups excluding tert-OH is 2. The van der Waals surface area contributed by atoms with Crippen LogP contribution in [-0.4, -0.2) is 44.4 Å². The Hall–Kier alpha value is -1.66. The van der Waals surface area contributed by atoms with Gasteiger partial charge >= 0.3 is 6.09 Å². The molecule has 1 aromatic heterocycles. The second kappa shape index (κ2) is 5.99. The molecule has 1 aromatic rings. The van der Waals surface area contributed by atoms with Crippen LogP contribution < -0.4 is 0 Å². The van der Waals surface area contributed by atoms with E-state index < -0.39 is 6.09 Å². The Bertz CT molecular complexity index is 456. The minimum absolute atomic E-state index is 0.126. The van der Waals surface area contributed by atoms with Gasteiger partial charge < -0.3 is 20.2 Å². The molecule has 104 valence electrons. The Morgan fingerprint density at radius 3 is 2.53 bits per heavy atom. The van der Waals surface area contributed by atoms with Crippen molar-refractivity contribution in [2.45, 2.75) is 32.0 Å². The van der Waals surface area contributed by atoms with E-state index in [-0.39, 0.29) is 19.1 Å². The number of aromatic nitrogens is 1. The lowest BCUT2D eigenvalue weighted by Gasteiger charge is -2.30. The normalized spacial score (nSPS) is 16.6.